The van der Waals surface area contributed by atoms with Gasteiger partial charge in [-0.05, 0) is 18.9 Å². The van der Waals surface area contributed by atoms with Gasteiger partial charge in [0.05, 0.1) is 5.54 Å². The quantitative estimate of drug-likeness (QED) is 0.679. The number of nitrogens with zero attached hydrogens (tertiary/aromatic N) is 2. The lowest BCUT2D eigenvalue weighted by Crippen LogP contribution is -2.43. The summed E-state index contributed by atoms with van der Waals surface area (Å²) in [5.41, 5.74) is 5.80. The molecule has 0 unspecified atom stereocenters. The topological polar surface area (TPSA) is 61.0 Å². The fraction of sp³-hybridized carbons (Fsp3) is 0.556. The van der Waals surface area contributed by atoms with E-state index in [0.717, 1.165) is 18.7 Å². The molecule has 0 bridgehead atoms. The Balaban J connectivity index is 2.23. The van der Waals surface area contributed by atoms with E-state index < -0.39 is 0 Å². The molecule has 1 aliphatic rings. The third-order valence-corrected chi connectivity index (χ3v) is 2.40. The Morgan fingerprint density at radius 2 is 1.85 bits per heavy atom. The molecule has 13 heavy (non-hydrogen) atoms. The Labute approximate surface area is 77.1 Å². The summed E-state index contributed by atoms with van der Waals surface area (Å²) >= 11 is 0. The molecule has 1 aromatic rings. The van der Waals surface area contributed by atoms with Gasteiger partial charge in [0.15, 0.2) is 0 Å². The number of hydrogen-bond acceptors (Lipinski definition) is 4. The Hall–Kier alpha value is -1.00. The van der Waals surface area contributed by atoms with Gasteiger partial charge in [-0.25, -0.2) is 9.97 Å². The number of rotatable bonds is 1. The molecule has 1 fully saturated rings. The van der Waals surface area contributed by atoms with E-state index in [-0.39, 0.29) is 5.54 Å². The van der Waals surface area contributed by atoms with Crippen molar-refractivity contribution in [3.63, 3.8) is 0 Å². The highest BCUT2D eigenvalue weighted by Crippen LogP contribution is 2.25. The van der Waals surface area contributed by atoms with Crippen LogP contribution in [0.2, 0.25) is 0 Å². The van der Waals surface area contributed by atoms with Gasteiger partial charge >= 0.3 is 0 Å². The molecule has 1 saturated heterocycles. The van der Waals surface area contributed by atoms with Crippen molar-refractivity contribution < 1.29 is 4.74 Å². The fourth-order valence-corrected chi connectivity index (χ4v) is 1.52. The van der Waals surface area contributed by atoms with E-state index in [9.17, 15) is 0 Å². The highest BCUT2D eigenvalue weighted by Gasteiger charge is 2.32. The molecule has 4 nitrogen and oxygen atoms in total. The summed E-state index contributed by atoms with van der Waals surface area (Å²) in [4.78, 5) is 8.36. The predicted molar refractivity (Wildman–Crippen MR) is 48.0 cm³/mol. The molecule has 0 radical (unpaired) electrons. The van der Waals surface area contributed by atoms with E-state index in [4.69, 9.17) is 10.5 Å². The number of nitrogens with two attached hydrogens (primary N) is 1. The summed E-state index contributed by atoms with van der Waals surface area (Å²) in [5.74, 6) is 0.735. The highest BCUT2D eigenvalue weighted by molar-refractivity contribution is 5.05. The number of ether oxygens (including phenoxy) is 1. The lowest BCUT2D eigenvalue weighted by atomic mass is 9.90. The van der Waals surface area contributed by atoms with Crippen LogP contribution < -0.4 is 5.73 Å². The minimum Gasteiger partial charge on any atom is -0.381 e. The Morgan fingerprint density at radius 1 is 1.23 bits per heavy atom. The van der Waals surface area contributed by atoms with Crippen LogP contribution in [-0.2, 0) is 10.3 Å². The van der Waals surface area contributed by atoms with Gasteiger partial charge in [0.2, 0.25) is 0 Å². The SMILES string of the molecule is NC1(c2ncccn2)CCOCC1. The Kier molecular flexibility index (Phi) is 2.24. The van der Waals surface area contributed by atoms with Crippen LogP contribution in [0.3, 0.4) is 0 Å². The standard InChI is InChI=1S/C9H13N3O/c10-9(2-6-13-7-3-9)8-11-4-1-5-12-8/h1,4-5H,2-3,6-7,10H2. The van der Waals surface area contributed by atoms with Crippen LogP contribution in [0.15, 0.2) is 18.5 Å². The third-order valence-electron chi connectivity index (χ3n) is 2.40. The van der Waals surface area contributed by atoms with Crippen molar-refractivity contribution in [3.05, 3.63) is 24.3 Å². The zero-order chi connectivity index (χ0) is 9.15. The minimum absolute atomic E-state index is 0.375. The van der Waals surface area contributed by atoms with E-state index >= 15 is 0 Å². The normalized spacial score (nSPS) is 21.3. The largest absolute Gasteiger partial charge is 0.381 e. The average Bonchev–Trinajstić information content (AvgIpc) is 2.20. The Bertz CT molecular complexity index is 269. The van der Waals surface area contributed by atoms with Crippen LogP contribution in [-0.4, -0.2) is 23.2 Å². The zero-order valence-electron chi connectivity index (χ0n) is 7.44. The molecule has 0 amide bonds. The third kappa shape index (κ3) is 1.68. The molecule has 0 aromatic carbocycles. The van der Waals surface area contributed by atoms with Crippen molar-refractivity contribution in [2.45, 2.75) is 18.4 Å². The van der Waals surface area contributed by atoms with Crippen LogP contribution in [0.25, 0.3) is 0 Å². The molecule has 0 saturated carbocycles. The first-order valence-corrected chi connectivity index (χ1v) is 4.45. The molecule has 2 rings (SSSR count). The lowest BCUT2D eigenvalue weighted by Gasteiger charge is -2.31. The van der Waals surface area contributed by atoms with Gasteiger partial charge in [-0.2, -0.15) is 0 Å². The maximum absolute atomic E-state index is 6.18. The van der Waals surface area contributed by atoms with Crippen molar-refractivity contribution in [3.8, 4) is 0 Å². The second kappa shape index (κ2) is 3.40. The molecule has 4 heteroatoms. The first-order chi connectivity index (χ1) is 6.31. The van der Waals surface area contributed by atoms with Gasteiger partial charge in [0.1, 0.15) is 5.82 Å². The maximum atomic E-state index is 6.18. The molecule has 1 aromatic heterocycles. The van der Waals surface area contributed by atoms with Crippen LogP contribution in [0.4, 0.5) is 0 Å². The smallest absolute Gasteiger partial charge is 0.148 e. The molecular weight excluding hydrogens is 166 g/mol. The minimum atomic E-state index is -0.375. The van der Waals surface area contributed by atoms with Crippen LogP contribution in [0, 0.1) is 0 Å². The molecule has 0 atom stereocenters. The maximum Gasteiger partial charge on any atom is 0.148 e. The summed E-state index contributed by atoms with van der Waals surface area (Å²) in [5, 5.41) is 0. The van der Waals surface area contributed by atoms with Gasteiger partial charge in [-0.3, -0.25) is 0 Å². The van der Waals surface area contributed by atoms with E-state index in [1.807, 2.05) is 0 Å². The second-order valence-electron chi connectivity index (χ2n) is 3.34. The van der Waals surface area contributed by atoms with E-state index in [1.54, 1.807) is 18.5 Å². The van der Waals surface area contributed by atoms with Gasteiger partial charge in [0.25, 0.3) is 0 Å². The zero-order valence-corrected chi connectivity index (χ0v) is 7.44. The molecule has 0 aliphatic carbocycles. The number of hydrogen-bond donors (Lipinski definition) is 1. The van der Waals surface area contributed by atoms with Crippen molar-refractivity contribution >= 4 is 0 Å². The van der Waals surface area contributed by atoms with Crippen LogP contribution in [0.1, 0.15) is 18.7 Å². The van der Waals surface area contributed by atoms with Crippen molar-refractivity contribution in [1.29, 1.82) is 0 Å². The predicted octanol–water partition coefficient (Wildman–Crippen LogP) is 0.441. The summed E-state index contributed by atoms with van der Waals surface area (Å²) < 4.78 is 5.25. The van der Waals surface area contributed by atoms with Crippen molar-refractivity contribution in [2.24, 2.45) is 5.73 Å². The van der Waals surface area contributed by atoms with Gasteiger partial charge in [0, 0.05) is 25.6 Å². The molecule has 2 N–H and O–H groups in total. The second-order valence-corrected chi connectivity index (χ2v) is 3.34. The Morgan fingerprint density at radius 3 is 2.46 bits per heavy atom. The molecule has 70 valence electrons. The highest BCUT2D eigenvalue weighted by atomic mass is 16.5. The van der Waals surface area contributed by atoms with Gasteiger partial charge in [-0.1, -0.05) is 0 Å². The summed E-state index contributed by atoms with van der Waals surface area (Å²) in [6.45, 7) is 1.41. The van der Waals surface area contributed by atoms with Crippen molar-refractivity contribution in [1.82, 2.24) is 9.97 Å². The summed E-state index contributed by atoms with van der Waals surface area (Å²) in [6.07, 6.45) is 5.06. The van der Waals surface area contributed by atoms with E-state index in [2.05, 4.69) is 9.97 Å². The molecule has 0 spiro atoms. The van der Waals surface area contributed by atoms with E-state index in [1.165, 1.54) is 0 Å². The molecule has 2 heterocycles. The monoisotopic (exact) mass is 179 g/mol. The van der Waals surface area contributed by atoms with Crippen LogP contribution >= 0.6 is 0 Å². The molecule has 1 aliphatic heterocycles. The van der Waals surface area contributed by atoms with Gasteiger partial charge in [-0.15, -0.1) is 0 Å². The lowest BCUT2D eigenvalue weighted by molar-refractivity contribution is 0.0491. The van der Waals surface area contributed by atoms with E-state index in [0.29, 0.717) is 13.2 Å². The number of aromatic nitrogens is 2. The average molecular weight is 179 g/mol. The summed E-state index contributed by atoms with van der Waals surface area (Å²) in [6, 6.07) is 1.80. The summed E-state index contributed by atoms with van der Waals surface area (Å²) in [7, 11) is 0. The fourth-order valence-electron chi connectivity index (χ4n) is 1.52. The van der Waals surface area contributed by atoms with Crippen molar-refractivity contribution in [2.75, 3.05) is 13.2 Å². The first-order valence-electron chi connectivity index (χ1n) is 4.45. The molecular formula is C9H13N3O. The van der Waals surface area contributed by atoms with Crippen LogP contribution in [0.5, 0.6) is 0 Å². The van der Waals surface area contributed by atoms with Gasteiger partial charge < -0.3 is 10.5 Å². The first kappa shape index (κ1) is 8.59.